The largest absolute Gasteiger partial charge is 0.293 e. The van der Waals surface area contributed by atoms with Gasteiger partial charge in [-0.05, 0) is 69.1 Å². The second-order valence-electron chi connectivity index (χ2n) is 10.5. The number of hydrogen-bond acceptors (Lipinski definition) is 2. The average Bonchev–Trinajstić information content (AvgIpc) is 3.23. The smallest absolute Gasteiger partial charge is 0.198 e. The van der Waals surface area contributed by atoms with Gasteiger partial charge in [0.2, 0.25) is 0 Å². The second-order valence-corrected chi connectivity index (χ2v) is 10.5. The van der Waals surface area contributed by atoms with Crippen molar-refractivity contribution in [1.82, 2.24) is 9.55 Å². The van der Waals surface area contributed by atoms with Crippen LogP contribution in [0.4, 0.5) is 0 Å². The third-order valence-electron chi connectivity index (χ3n) is 8.44. The number of rotatable bonds is 1. The molecular weight excluding hydrogens is 452 g/mol. The molecule has 0 unspecified atom stereocenters. The zero-order chi connectivity index (χ0) is 24.9. The highest BCUT2D eigenvalue weighted by Crippen LogP contribution is 2.60. The van der Waals surface area contributed by atoms with E-state index in [1.165, 1.54) is 33.4 Å². The molecule has 3 heteroatoms. The Balaban J connectivity index is 1.70. The van der Waals surface area contributed by atoms with E-state index in [4.69, 9.17) is 4.98 Å². The zero-order valence-electron chi connectivity index (χ0n) is 20.7. The average molecular weight is 477 g/mol. The summed E-state index contributed by atoms with van der Waals surface area (Å²) in [6.07, 6.45) is 1.79. The molecule has 3 heterocycles. The minimum absolute atomic E-state index is 0.0365. The molecule has 1 aliphatic heterocycles. The van der Waals surface area contributed by atoms with E-state index >= 15 is 0 Å². The summed E-state index contributed by atoms with van der Waals surface area (Å²) in [6.45, 7) is 4.46. The van der Waals surface area contributed by atoms with Gasteiger partial charge in [0.05, 0.1) is 22.0 Å². The fourth-order valence-electron chi connectivity index (χ4n) is 6.88. The lowest BCUT2D eigenvalue weighted by Gasteiger charge is -2.40. The molecule has 6 aromatic rings. The van der Waals surface area contributed by atoms with Crippen LogP contribution in [0.3, 0.4) is 0 Å². The fourth-order valence-corrected chi connectivity index (χ4v) is 6.88. The predicted octanol–water partition coefficient (Wildman–Crippen LogP) is 7.34. The molecule has 3 nitrogen and oxygen atoms in total. The van der Waals surface area contributed by atoms with Crippen molar-refractivity contribution in [1.29, 1.82) is 0 Å². The number of benzene rings is 4. The summed E-state index contributed by atoms with van der Waals surface area (Å²) in [4.78, 5) is 18.6. The van der Waals surface area contributed by atoms with E-state index < -0.39 is 5.41 Å². The highest BCUT2D eigenvalue weighted by atomic mass is 16.1. The maximum atomic E-state index is 13.9. The molecule has 0 bridgehead atoms. The van der Waals surface area contributed by atoms with E-state index in [1.54, 1.807) is 6.20 Å². The molecule has 37 heavy (non-hydrogen) atoms. The summed E-state index contributed by atoms with van der Waals surface area (Å²) in [5, 5.41) is 1.39. The molecule has 0 atom stereocenters. The summed E-state index contributed by atoms with van der Waals surface area (Å²) < 4.78 is 2.25. The molecule has 0 fully saturated rings. The van der Waals surface area contributed by atoms with Gasteiger partial charge in [0.1, 0.15) is 5.65 Å². The standard InChI is InChI=1S/C34H24N2O/c1-20(2)21-16-17-28-30(19-21)36-31-24(32(37)25-12-8-18-35-33(25)36)11-7-15-29(31)34(28)26-13-5-3-9-22(26)23-10-4-6-14-27(23)34/h3-20H,1-2H3. The fraction of sp³-hybridized carbons (Fsp3) is 0.118. The van der Waals surface area contributed by atoms with Gasteiger partial charge in [0.25, 0.3) is 0 Å². The first kappa shape index (κ1) is 20.7. The maximum Gasteiger partial charge on any atom is 0.198 e. The van der Waals surface area contributed by atoms with Crippen LogP contribution in [0.1, 0.15) is 47.6 Å². The monoisotopic (exact) mass is 476 g/mol. The van der Waals surface area contributed by atoms with Crippen LogP contribution in [-0.2, 0) is 5.41 Å². The Morgan fingerprint density at radius 2 is 1.38 bits per heavy atom. The minimum atomic E-state index is -0.521. The third kappa shape index (κ3) is 2.37. The van der Waals surface area contributed by atoms with Gasteiger partial charge in [-0.3, -0.25) is 9.36 Å². The molecule has 1 spiro atoms. The van der Waals surface area contributed by atoms with Crippen LogP contribution in [0.5, 0.6) is 0 Å². The highest BCUT2D eigenvalue weighted by molar-refractivity contribution is 6.01. The molecular formula is C34H24N2O. The van der Waals surface area contributed by atoms with Crippen molar-refractivity contribution in [3.05, 3.63) is 141 Å². The lowest BCUT2D eigenvalue weighted by Crippen LogP contribution is -2.35. The van der Waals surface area contributed by atoms with E-state index in [0.717, 1.165) is 22.2 Å². The molecule has 2 aromatic heterocycles. The Morgan fingerprint density at radius 1 is 0.703 bits per heavy atom. The van der Waals surface area contributed by atoms with Gasteiger partial charge >= 0.3 is 0 Å². The van der Waals surface area contributed by atoms with Gasteiger partial charge in [0, 0.05) is 11.6 Å². The van der Waals surface area contributed by atoms with Crippen LogP contribution in [0, 0.1) is 0 Å². The van der Waals surface area contributed by atoms with Gasteiger partial charge in [-0.2, -0.15) is 0 Å². The van der Waals surface area contributed by atoms with Crippen LogP contribution < -0.4 is 5.43 Å². The van der Waals surface area contributed by atoms with Crippen molar-refractivity contribution >= 4 is 21.9 Å². The van der Waals surface area contributed by atoms with E-state index in [0.29, 0.717) is 17.0 Å². The molecule has 0 N–H and O–H groups in total. The van der Waals surface area contributed by atoms with Gasteiger partial charge in [-0.25, -0.2) is 4.98 Å². The van der Waals surface area contributed by atoms with Gasteiger partial charge in [-0.1, -0.05) is 86.6 Å². The summed E-state index contributed by atoms with van der Waals surface area (Å²) in [6, 6.07) is 34.4. The Labute approximate surface area is 214 Å². The molecule has 0 saturated carbocycles. The molecule has 8 rings (SSSR count). The van der Waals surface area contributed by atoms with Crippen molar-refractivity contribution in [2.24, 2.45) is 0 Å². The SMILES string of the molecule is CC(C)c1ccc2c(c1)-n1c3ncccc3c(=O)c3cccc(c31)C21c2ccccc2-c2ccccc21. The van der Waals surface area contributed by atoms with E-state index in [1.807, 2.05) is 24.3 Å². The quantitative estimate of drug-likeness (QED) is 0.232. The lowest BCUT2D eigenvalue weighted by molar-refractivity contribution is 0.741. The van der Waals surface area contributed by atoms with Gasteiger partial charge in [0.15, 0.2) is 5.43 Å². The molecule has 0 radical (unpaired) electrons. The molecule has 0 saturated heterocycles. The normalized spacial score (nSPS) is 14.2. The Kier molecular flexibility index (Phi) is 3.93. The van der Waals surface area contributed by atoms with Crippen LogP contribution >= 0.6 is 0 Å². The van der Waals surface area contributed by atoms with Gasteiger partial charge in [-0.15, -0.1) is 0 Å². The summed E-state index contributed by atoms with van der Waals surface area (Å²) in [5.41, 5.74) is 11.0. The second kappa shape index (κ2) is 7.04. The molecule has 176 valence electrons. The Bertz CT molecular complexity index is 1950. The van der Waals surface area contributed by atoms with Gasteiger partial charge < -0.3 is 0 Å². The number of pyridine rings is 2. The number of para-hydroxylation sites is 1. The van der Waals surface area contributed by atoms with E-state index in [2.05, 4.69) is 91.2 Å². The Hall–Kier alpha value is -4.50. The topological polar surface area (TPSA) is 34.9 Å². The van der Waals surface area contributed by atoms with Crippen LogP contribution in [-0.4, -0.2) is 9.55 Å². The minimum Gasteiger partial charge on any atom is -0.293 e. The summed E-state index contributed by atoms with van der Waals surface area (Å²) >= 11 is 0. The van der Waals surface area contributed by atoms with Crippen LogP contribution in [0.15, 0.2) is 108 Å². The first-order valence-electron chi connectivity index (χ1n) is 12.9. The number of hydrogen-bond donors (Lipinski definition) is 0. The number of aromatic nitrogens is 2. The Morgan fingerprint density at radius 3 is 2.11 bits per heavy atom. The van der Waals surface area contributed by atoms with Crippen molar-refractivity contribution < 1.29 is 0 Å². The molecule has 1 aliphatic carbocycles. The summed E-state index contributed by atoms with van der Waals surface area (Å²) in [5.74, 6) is 0.371. The van der Waals surface area contributed by atoms with Crippen LogP contribution in [0.25, 0.3) is 38.8 Å². The molecule has 2 aliphatic rings. The lowest BCUT2D eigenvalue weighted by atomic mass is 9.65. The molecule has 0 amide bonds. The number of fused-ring (bicyclic) bond motifs is 11. The summed E-state index contributed by atoms with van der Waals surface area (Å²) in [7, 11) is 0. The predicted molar refractivity (Wildman–Crippen MR) is 150 cm³/mol. The van der Waals surface area contributed by atoms with E-state index in [-0.39, 0.29) is 5.43 Å². The van der Waals surface area contributed by atoms with Crippen molar-refractivity contribution in [2.45, 2.75) is 25.2 Å². The van der Waals surface area contributed by atoms with Crippen molar-refractivity contribution in [3.63, 3.8) is 0 Å². The molecule has 4 aromatic carbocycles. The number of nitrogens with zero attached hydrogens (tertiary/aromatic N) is 2. The van der Waals surface area contributed by atoms with Crippen LogP contribution in [0.2, 0.25) is 0 Å². The highest BCUT2D eigenvalue weighted by Gasteiger charge is 2.50. The van der Waals surface area contributed by atoms with Crippen molar-refractivity contribution in [2.75, 3.05) is 0 Å². The van der Waals surface area contributed by atoms with E-state index in [9.17, 15) is 4.79 Å². The zero-order valence-corrected chi connectivity index (χ0v) is 20.7. The first-order valence-corrected chi connectivity index (χ1v) is 12.9. The maximum absolute atomic E-state index is 13.9. The first-order chi connectivity index (χ1) is 18.1. The van der Waals surface area contributed by atoms with Crippen molar-refractivity contribution in [3.8, 4) is 16.8 Å². The third-order valence-corrected chi connectivity index (χ3v) is 8.44.